The highest BCUT2D eigenvalue weighted by molar-refractivity contribution is 7.91. The molecule has 0 aliphatic heterocycles. The van der Waals surface area contributed by atoms with E-state index in [0.717, 1.165) is 0 Å². The lowest BCUT2D eigenvalue weighted by atomic mass is 10.2. The molecule has 0 unspecified atom stereocenters. The van der Waals surface area contributed by atoms with Crippen LogP contribution in [0.2, 0.25) is 10.0 Å². The lowest BCUT2D eigenvalue weighted by Crippen LogP contribution is -2.20. The molecule has 2 atom stereocenters. The van der Waals surface area contributed by atoms with Crippen molar-refractivity contribution in [2.45, 2.75) is 30.6 Å². The maximum atomic E-state index is 13.0. The van der Waals surface area contributed by atoms with E-state index < -0.39 is 19.7 Å². The van der Waals surface area contributed by atoms with Crippen molar-refractivity contribution >= 4 is 54.5 Å². The van der Waals surface area contributed by atoms with Crippen LogP contribution in [0, 0.1) is 11.8 Å². The average molecular weight is 558 g/mol. The molecule has 2 rings (SSSR count). The van der Waals surface area contributed by atoms with E-state index in [4.69, 9.17) is 44.3 Å². The Hall–Kier alpha value is -1.19. The fraction of sp³-hybridized carbons (Fsp3) is 0.455. The molecule has 6 nitrogen and oxygen atoms in total. The summed E-state index contributed by atoms with van der Waals surface area (Å²) in [6.07, 6.45) is 0. The van der Waals surface area contributed by atoms with Crippen molar-refractivity contribution in [1.29, 1.82) is 0 Å². The topological polar surface area (TPSA) is 86.7 Å². The third-order valence-corrected chi connectivity index (χ3v) is 9.50. The summed E-state index contributed by atoms with van der Waals surface area (Å²) in [4.78, 5) is -0.0321. The summed E-state index contributed by atoms with van der Waals surface area (Å²) in [6, 6.07) is 8.44. The molecule has 0 spiro atoms. The molecule has 0 bridgehead atoms. The first-order valence-corrected chi connectivity index (χ1v) is 14.8. The van der Waals surface area contributed by atoms with Gasteiger partial charge in [0.15, 0.2) is 5.75 Å². The summed E-state index contributed by atoms with van der Waals surface area (Å²) in [7, 11) is -6.99. The smallest absolute Gasteiger partial charge is 0.206 e. The number of rotatable bonds is 12. The molecule has 11 heteroatoms. The Labute approximate surface area is 211 Å². The molecular formula is C22H27Cl3O6S2. The Morgan fingerprint density at radius 1 is 0.848 bits per heavy atom. The molecule has 0 saturated carbocycles. The molecule has 0 fully saturated rings. The minimum atomic E-state index is -3.89. The SMILES string of the molecule is CCS(=O)(=O)C[C@H](C)COc1ccc(S(=O)(=O)c2cc(Cl)c(OC[C@H](C)CCl)c(Cl)c2)cc1. The van der Waals surface area contributed by atoms with Crippen molar-refractivity contribution in [3.8, 4) is 11.5 Å². The van der Waals surface area contributed by atoms with Gasteiger partial charge < -0.3 is 9.47 Å². The Morgan fingerprint density at radius 2 is 1.39 bits per heavy atom. The van der Waals surface area contributed by atoms with Crippen molar-refractivity contribution in [2.24, 2.45) is 11.8 Å². The van der Waals surface area contributed by atoms with Gasteiger partial charge >= 0.3 is 0 Å². The first kappa shape index (κ1) is 28.1. The minimum Gasteiger partial charge on any atom is -0.493 e. The van der Waals surface area contributed by atoms with E-state index >= 15 is 0 Å². The largest absolute Gasteiger partial charge is 0.493 e. The molecule has 2 aromatic carbocycles. The van der Waals surface area contributed by atoms with E-state index in [0.29, 0.717) is 18.2 Å². The van der Waals surface area contributed by atoms with Crippen molar-refractivity contribution in [3.05, 3.63) is 46.4 Å². The van der Waals surface area contributed by atoms with Crippen LogP contribution in [0.5, 0.6) is 11.5 Å². The Balaban J connectivity index is 2.14. The predicted octanol–water partition coefficient (Wildman–Crippen LogP) is 5.53. The second kappa shape index (κ2) is 12.0. The maximum Gasteiger partial charge on any atom is 0.206 e. The average Bonchev–Trinajstić information content (AvgIpc) is 2.76. The fourth-order valence-corrected chi connectivity index (χ4v) is 6.11. The van der Waals surface area contributed by atoms with Crippen molar-refractivity contribution < 1.29 is 26.3 Å². The van der Waals surface area contributed by atoms with Gasteiger partial charge in [-0.25, -0.2) is 16.8 Å². The van der Waals surface area contributed by atoms with Gasteiger partial charge in [-0.3, -0.25) is 0 Å². The van der Waals surface area contributed by atoms with Crippen LogP contribution in [-0.4, -0.2) is 47.4 Å². The number of halogens is 3. The molecule has 2 aromatic rings. The molecule has 0 heterocycles. The number of hydrogen-bond acceptors (Lipinski definition) is 6. The molecule has 0 aromatic heterocycles. The molecule has 0 N–H and O–H groups in total. The fourth-order valence-electron chi connectivity index (χ4n) is 2.79. The van der Waals surface area contributed by atoms with Crippen molar-refractivity contribution in [2.75, 3.05) is 30.6 Å². The lowest BCUT2D eigenvalue weighted by Gasteiger charge is -2.15. The predicted molar refractivity (Wildman–Crippen MR) is 133 cm³/mol. The van der Waals surface area contributed by atoms with Crippen LogP contribution >= 0.6 is 34.8 Å². The third kappa shape index (κ3) is 7.92. The van der Waals surface area contributed by atoms with Gasteiger partial charge in [0, 0.05) is 23.5 Å². The highest BCUT2D eigenvalue weighted by atomic mass is 35.5. The standard InChI is InChI=1S/C22H27Cl3O6S2/c1-4-32(26,27)14-16(3)13-30-17-5-7-18(8-6-17)33(28,29)19-9-20(24)22(21(25)10-19)31-12-15(2)11-23/h5-10,15-16H,4,11-14H2,1-3H3/t15-,16-/m1/s1. The minimum absolute atomic E-state index is 0.0297. The molecule has 0 saturated heterocycles. The summed E-state index contributed by atoms with van der Waals surface area (Å²) in [5, 5.41) is 0.164. The summed E-state index contributed by atoms with van der Waals surface area (Å²) in [5.74, 6) is 1.02. The second-order valence-corrected chi connectivity index (χ2v) is 13.3. The van der Waals surface area contributed by atoms with Crippen LogP contribution in [-0.2, 0) is 19.7 Å². The highest BCUT2D eigenvalue weighted by Crippen LogP contribution is 2.37. The van der Waals surface area contributed by atoms with Crippen LogP contribution < -0.4 is 9.47 Å². The molecule has 33 heavy (non-hydrogen) atoms. The van der Waals surface area contributed by atoms with Crippen molar-refractivity contribution in [3.63, 3.8) is 0 Å². The number of sulfone groups is 2. The summed E-state index contributed by atoms with van der Waals surface area (Å²) >= 11 is 18.2. The van der Waals surface area contributed by atoms with Crippen LogP contribution in [0.1, 0.15) is 20.8 Å². The zero-order chi connectivity index (χ0) is 24.8. The Kier molecular flexibility index (Phi) is 10.2. The normalized spacial score (nSPS) is 14.0. The second-order valence-electron chi connectivity index (χ2n) is 7.88. The molecular weight excluding hydrogens is 531 g/mol. The summed E-state index contributed by atoms with van der Waals surface area (Å²) in [5.41, 5.74) is 0. The van der Waals surface area contributed by atoms with Gasteiger partial charge in [0.1, 0.15) is 15.6 Å². The zero-order valence-electron chi connectivity index (χ0n) is 18.6. The highest BCUT2D eigenvalue weighted by Gasteiger charge is 2.22. The number of benzene rings is 2. The van der Waals surface area contributed by atoms with Gasteiger partial charge in [-0.2, -0.15) is 0 Å². The Morgan fingerprint density at radius 3 is 1.91 bits per heavy atom. The number of hydrogen-bond donors (Lipinski definition) is 0. The van der Waals surface area contributed by atoms with E-state index in [-0.39, 0.29) is 55.5 Å². The molecule has 0 aliphatic rings. The zero-order valence-corrected chi connectivity index (χ0v) is 22.5. The monoisotopic (exact) mass is 556 g/mol. The van der Waals surface area contributed by atoms with Gasteiger partial charge in [0.05, 0.1) is 38.8 Å². The molecule has 0 amide bonds. The first-order valence-electron chi connectivity index (χ1n) is 10.3. The van der Waals surface area contributed by atoms with Gasteiger partial charge in [0.25, 0.3) is 0 Å². The van der Waals surface area contributed by atoms with Gasteiger partial charge in [0.2, 0.25) is 9.84 Å². The van der Waals surface area contributed by atoms with E-state index in [9.17, 15) is 16.8 Å². The van der Waals surface area contributed by atoms with Crippen LogP contribution in [0.3, 0.4) is 0 Å². The van der Waals surface area contributed by atoms with Gasteiger partial charge in [-0.1, -0.05) is 44.0 Å². The van der Waals surface area contributed by atoms with E-state index in [2.05, 4.69) is 0 Å². The van der Waals surface area contributed by atoms with Crippen LogP contribution in [0.4, 0.5) is 0 Å². The van der Waals surface area contributed by atoms with E-state index in [1.807, 2.05) is 6.92 Å². The first-order chi connectivity index (χ1) is 15.4. The van der Waals surface area contributed by atoms with Crippen molar-refractivity contribution in [1.82, 2.24) is 0 Å². The molecule has 0 aliphatic carbocycles. The lowest BCUT2D eigenvalue weighted by molar-refractivity contribution is 0.271. The quantitative estimate of drug-likeness (QED) is 0.319. The van der Waals surface area contributed by atoms with E-state index in [1.165, 1.54) is 36.4 Å². The molecule has 184 valence electrons. The van der Waals surface area contributed by atoms with Crippen LogP contribution in [0.15, 0.2) is 46.2 Å². The van der Waals surface area contributed by atoms with Crippen LogP contribution in [0.25, 0.3) is 0 Å². The summed E-state index contributed by atoms with van der Waals surface area (Å²) in [6.45, 7) is 5.77. The maximum absolute atomic E-state index is 13.0. The van der Waals surface area contributed by atoms with Gasteiger partial charge in [-0.15, -0.1) is 11.6 Å². The summed E-state index contributed by atoms with van der Waals surface area (Å²) < 4.78 is 60.7. The Bertz CT molecular complexity index is 1130. The molecule has 0 radical (unpaired) electrons. The van der Waals surface area contributed by atoms with Gasteiger partial charge in [-0.05, 0) is 36.4 Å². The number of ether oxygens (including phenoxy) is 2. The van der Waals surface area contributed by atoms with E-state index in [1.54, 1.807) is 13.8 Å². The third-order valence-electron chi connectivity index (χ3n) is 4.70. The number of alkyl halides is 1.